The molecule has 0 radical (unpaired) electrons. The average molecular weight is 808 g/mol. The van der Waals surface area contributed by atoms with Gasteiger partial charge in [0, 0.05) is 17.8 Å². The summed E-state index contributed by atoms with van der Waals surface area (Å²) in [6.45, 7) is 0. The molecule has 12 aromatic rings. The molecule has 0 unspecified atom stereocenters. The molecule has 294 valence electrons. The van der Waals surface area contributed by atoms with E-state index in [2.05, 4.69) is 219 Å². The highest BCUT2D eigenvalue weighted by molar-refractivity contribution is 6.32. The molecule has 0 fully saturated rings. The standard InChI is InChI=1S/C63H37N/c1-5-17-38(18-6-1)54-46-25-13-14-26-47(46)55(39-19-7-2-8-20-39)62-51-33-31-42(44-27-15-29-49(58(44)51)60(54)62)43-32-34-52-59-45(43)28-16-30-50(59)61-57(41-23-11-4-12-24-41)53-37-64-36-35-48(53)56(63(52)61)40-21-9-3-10-22-40/h1-37H. The van der Waals surface area contributed by atoms with Crippen LogP contribution in [0.4, 0.5) is 0 Å². The van der Waals surface area contributed by atoms with E-state index in [4.69, 9.17) is 4.98 Å². The molecule has 0 atom stereocenters. The topological polar surface area (TPSA) is 12.9 Å². The number of hydrogen-bond donors (Lipinski definition) is 0. The molecule has 0 saturated heterocycles. The van der Waals surface area contributed by atoms with Gasteiger partial charge in [0.05, 0.1) is 0 Å². The molecular formula is C63H37N. The molecule has 0 amide bonds. The van der Waals surface area contributed by atoms with E-state index in [9.17, 15) is 0 Å². The largest absolute Gasteiger partial charge is 0.264 e. The van der Waals surface area contributed by atoms with Crippen LogP contribution in [-0.4, -0.2) is 4.98 Å². The third-order valence-corrected chi connectivity index (χ3v) is 14.0. The minimum atomic E-state index is 1.17. The second-order valence-electron chi connectivity index (χ2n) is 17.2. The molecule has 11 aromatic carbocycles. The Morgan fingerprint density at radius 2 is 0.516 bits per heavy atom. The second kappa shape index (κ2) is 13.6. The van der Waals surface area contributed by atoms with Gasteiger partial charge in [0.1, 0.15) is 0 Å². The summed E-state index contributed by atoms with van der Waals surface area (Å²) in [4.78, 5) is 4.74. The number of hydrogen-bond acceptors (Lipinski definition) is 1. The monoisotopic (exact) mass is 807 g/mol. The van der Waals surface area contributed by atoms with E-state index in [1.54, 1.807) is 0 Å². The number of aromatic nitrogens is 1. The first-order valence-electron chi connectivity index (χ1n) is 22.2. The van der Waals surface area contributed by atoms with Gasteiger partial charge in [-0.25, -0.2) is 0 Å². The Kier molecular flexibility index (Phi) is 7.46. The van der Waals surface area contributed by atoms with Crippen LogP contribution in [0.3, 0.4) is 0 Å². The molecule has 0 spiro atoms. The molecule has 1 heteroatoms. The summed E-state index contributed by atoms with van der Waals surface area (Å²) in [5.74, 6) is 0. The zero-order valence-corrected chi connectivity index (χ0v) is 34.8. The maximum absolute atomic E-state index is 4.74. The minimum absolute atomic E-state index is 1.17. The quantitative estimate of drug-likeness (QED) is 0.169. The van der Waals surface area contributed by atoms with Crippen LogP contribution in [0.2, 0.25) is 0 Å². The number of benzene rings is 11. The molecule has 1 aromatic heterocycles. The molecule has 1 nitrogen and oxygen atoms in total. The molecule has 1 heterocycles. The smallest absolute Gasteiger partial charge is 0.0353 e. The van der Waals surface area contributed by atoms with Crippen molar-refractivity contribution in [3.8, 4) is 100 Å². The van der Waals surface area contributed by atoms with E-state index < -0.39 is 0 Å². The summed E-state index contributed by atoms with van der Waals surface area (Å²) in [6, 6.07) is 78.6. The first kappa shape index (κ1) is 35.2. The van der Waals surface area contributed by atoms with E-state index in [1.165, 1.54) is 143 Å². The average Bonchev–Trinajstić information content (AvgIpc) is 3.88. The molecule has 0 saturated carbocycles. The normalized spacial score (nSPS) is 12.1. The van der Waals surface area contributed by atoms with Crippen LogP contribution in [0.25, 0.3) is 143 Å². The van der Waals surface area contributed by atoms with E-state index in [-0.39, 0.29) is 0 Å². The summed E-state index contributed by atoms with van der Waals surface area (Å²) >= 11 is 0. The lowest BCUT2D eigenvalue weighted by atomic mass is 9.82. The summed E-state index contributed by atoms with van der Waals surface area (Å²) in [6.07, 6.45) is 4.01. The van der Waals surface area contributed by atoms with Crippen molar-refractivity contribution < 1.29 is 0 Å². The van der Waals surface area contributed by atoms with Crippen molar-refractivity contribution in [2.45, 2.75) is 0 Å². The summed E-state index contributed by atoms with van der Waals surface area (Å²) < 4.78 is 0. The van der Waals surface area contributed by atoms with Gasteiger partial charge in [0.2, 0.25) is 0 Å². The number of fused-ring (bicyclic) bond motifs is 8. The molecule has 0 N–H and O–H groups in total. The zero-order chi connectivity index (χ0) is 41.9. The first-order chi connectivity index (χ1) is 31.8. The first-order valence-corrected chi connectivity index (χ1v) is 22.2. The third-order valence-electron chi connectivity index (χ3n) is 14.0. The Bertz CT molecular complexity index is 3460. The molecule has 0 bridgehead atoms. The Hall–Kier alpha value is -8.39. The zero-order valence-electron chi connectivity index (χ0n) is 34.8. The molecule has 64 heavy (non-hydrogen) atoms. The van der Waals surface area contributed by atoms with Crippen LogP contribution in [0, 0.1) is 0 Å². The summed E-state index contributed by atoms with van der Waals surface area (Å²) in [7, 11) is 0. The maximum atomic E-state index is 4.74. The highest BCUT2D eigenvalue weighted by atomic mass is 14.6. The van der Waals surface area contributed by atoms with Gasteiger partial charge in [0.15, 0.2) is 0 Å². The number of pyridine rings is 1. The van der Waals surface area contributed by atoms with Crippen molar-refractivity contribution in [3.63, 3.8) is 0 Å². The van der Waals surface area contributed by atoms with Crippen molar-refractivity contribution in [2.75, 3.05) is 0 Å². The molecule has 0 aliphatic heterocycles. The van der Waals surface area contributed by atoms with Crippen molar-refractivity contribution in [2.24, 2.45) is 0 Å². The van der Waals surface area contributed by atoms with Crippen molar-refractivity contribution in [1.29, 1.82) is 0 Å². The van der Waals surface area contributed by atoms with E-state index in [1.807, 2.05) is 6.20 Å². The SMILES string of the molecule is c1ccc(-c2c3c(c(-c4ccccc4)c4ccccc24)-c2ccc(-c4ccc5c6c(cccc46)-c4c-5c(-c5ccccc5)c5ccncc5c4-c4ccccc4)c4cccc-3c24)cc1. The van der Waals surface area contributed by atoms with Crippen molar-refractivity contribution in [3.05, 3.63) is 225 Å². The predicted octanol–water partition coefficient (Wildman–Crippen LogP) is 17.3. The van der Waals surface area contributed by atoms with Gasteiger partial charge in [-0.05, 0) is 144 Å². The lowest BCUT2D eigenvalue weighted by molar-refractivity contribution is 1.36. The highest BCUT2D eigenvalue weighted by Crippen LogP contribution is 2.61. The van der Waals surface area contributed by atoms with Gasteiger partial charge >= 0.3 is 0 Å². The van der Waals surface area contributed by atoms with Gasteiger partial charge in [-0.1, -0.05) is 206 Å². The summed E-state index contributed by atoms with van der Waals surface area (Å²) in [5.41, 5.74) is 22.8. The lowest BCUT2D eigenvalue weighted by Crippen LogP contribution is -1.94. The Balaban J connectivity index is 1.07. The minimum Gasteiger partial charge on any atom is -0.264 e. The van der Waals surface area contributed by atoms with Crippen LogP contribution >= 0.6 is 0 Å². The third kappa shape index (κ3) is 4.81. The van der Waals surface area contributed by atoms with Gasteiger partial charge in [-0.15, -0.1) is 0 Å². The molecule has 14 rings (SSSR count). The van der Waals surface area contributed by atoms with E-state index in [0.29, 0.717) is 0 Å². The van der Waals surface area contributed by atoms with E-state index >= 15 is 0 Å². The highest BCUT2D eigenvalue weighted by Gasteiger charge is 2.34. The van der Waals surface area contributed by atoms with Crippen molar-refractivity contribution >= 4 is 43.1 Å². The van der Waals surface area contributed by atoms with Crippen LogP contribution < -0.4 is 0 Å². The van der Waals surface area contributed by atoms with Crippen LogP contribution in [0.15, 0.2) is 225 Å². The van der Waals surface area contributed by atoms with Gasteiger partial charge in [-0.3, -0.25) is 4.98 Å². The lowest BCUT2D eigenvalue weighted by Gasteiger charge is -2.20. The van der Waals surface area contributed by atoms with Gasteiger partial charge in [0.25, 0.3) is 0 Å². The Morgan fingerprint density at radius 3 is 0.922 bits per heavy atom. The number of rotatable bonds is 5. The molecule has 2 aliphatic rings. The fourth-order valence-electron chi connectivity index (χ4n) is 11.6. The molecule has 2 aliphatic carbocycles. The predicted molar refractivity (Wildman–Crippen MR) is 270 cm³/mol. The molecular weight excluding hydrogens is 771 g/mol. The Labute approximate surface area is 371 Å². The van der Waals surface area contributed by atoms with Gasteiger partial charge in [-0.2, -0.15) is 0 Å². The van der Waals surface area contributed by atoms with Crippen LogP contribution in [0.5, 0.6) is 0 Å². The maximum Gasteiger partial charge on any atom is 0.0353 e. The Morgan fingerprint density at radius 1 is 0.203 bits per heavy atom. The van der Waals surface area contributed by atoms with E-state index in [0.717, 1.165) is 0 Å². The van der Waals surface area contributed by atoms with Crippen LogP contribution in [-0.2, 0) is 0 Å². The van der Waals surface area contributed by atoms with Crippen molar-refractivity contribution in [1.82, 2.24) is 4.98 Å². The van der Waals surface area contributed by atoms with Crippen LogP contribution in [0.1, 0.15) is 0 Å². The fourth-order valence-corrected chi connectivity index (χ4v) is 11.6. The second-order valence-corrected chi connectivity index (χ2v) is 17.2. The fraction of sp³-hybridized carbons (Fsp3) is 0. The van der Waals surface area contributed by atoms with Gasteiger partial charge < -0.3 is 0 Å². The summed E-state index contributed by atoms with van der Waals surface area (Å²) in [5, 5.41) is 10.1. The number of nitrogens with zero attached hydrogens (tertiary/aromatic N) is 1.